The second-order valence-electron chi connectivity index (χ2n) is 5.07. The van der Waals surface area contributed by atoms with E-state index in [1.54, 1.807) is 32.0 Å². The standard InChI is InChI=1S/C14H16N2O3/c1-14(2,19)8-16-13(18)10-7-15-11-6-4-3-5-9(11)12(10)17/h3-7,19H,8H2,1-2H3,(H,15,17)(H,16,18). The summed E-state index contributed by atoms with van der Waals surface area (Å²) in [6.07, 6.45) is 1.39. The maximum Gasteiger partial charge on any atom is 0.256 e. The average Bonchev–Trinajstić information content (AvgIpc) is 2.36. The number of nitrogens with one attached hydrogen (secondary N) is 2. The molecule has 5 heteroatoms. The minimum atomic E-state index is -1.01. The second kappa shape index (κ2) is 4.85. The highest BCUT2D eigenvalue weighted by molar-refractivity contribution is 5.97. The summed E-state index contributed by atoms with van der Waals surface area (Å²) in [5.41, 5.74) is -0.601. The molecule has 1 aromatic carbocycles. The third kappa shape index (κ3) is 3.00. The van der Waals surface area contributed by atoms with Gasteiger partial charge in [-0.15, -0.1) is 0 Å². The number of carbonyl (C=O) groups is 1. The number of H-pyrrole nitrogens is 1. The highest BCUT2D eigenvalue weighted by atomic mass is 16.3. The summed E-state index contributed by atoms with van der Waals surface area (Å²) < 4.78 is 0. The van der Waals surface area contributed by atoms with Gasteiger partial charge in [-0.1, -0.05) is 12.1 Å². The van der Waals surface area contributed by atoms with Gasteiger partial charge in [-0.3, -0.25) is 9.59 Å². The maximum atomic E-state index is 12.2. The monoisotopic (exact) mass is 260 g/mol. The van der Waals surface area contributed by atoms with Gasteiger partial charge in [-0.25, -0.2) is 0 Å². The molecule has 1 amide bonds. The number of hydrogen-bond acceptors (Lipinski definition) is 3. The van der Waals surface area contributed by atoms with Gasteiger partial charge in [0.15, 0.2) is 0 Å². The minimum absolute atomic E-state index is 0.0444. The quantitative estimate of drug-likeness (QED) is 0.770. The molecule has 19 heavy (non-hydrogen) atoms. The van der Waals surface area contributed by atoms with Crippen LogP contribution in [0.2, 0.25) is 0 Å². The van der Waals surface area contributed by atoms with Crippen molar-refractivity contribution < 1.29 is 9.90 Å². The summed E-state index contributed by atoms with van der Waals surface area (Å²) in [6, 6.07) is 7.00. The number of aromatic nitrogens is 1. The molecule has 0 aliphatic heterocycles. The highest BCUT2D eigenvalue weighted by Crippen LogP contribution is 2.07. The Morgan fingerprint density at radius 1 is 1.37 bits per heavy atom. The predicted molar refractivity (Wildman–Crippen MR) is 73.2 cm³/mol. The van der Waals surface area contributed by atoms with E-state index in [2.05, 4.69) is 10.3 Å². The van der Waals surface area contributed by atoms with Crippen molar-refractivity contribution in [2.24, 2.45) is 0 Å². The lowest BCUT2D eigenvalue weighted by Crippen LogP contribution is -2.39. The molecule has 0 atom stereocenters. The molecule has 3 N–H and O–H groups in total. The lowest BCUT2D eigenvalue weighted by atomic mass is 10.1. The van der Waals surface area contributed by atoms with Crippen molar-refractivity contribution in [3.05, 3.63) is 46.2 Å². The molecular formula is C14H16N2O3. The first-order chi connectivity index (χ1) is 8.88. The van der Waals surface area contributed by atoms with Crippen LogP contribution in [0.4, 0.5) is 0 Å². The predicted octanol–water partition coefficient (Wildman–Crippen LogP) is 1.03. The average molecular weight is 260 g/mol. The molecule has 1 heterocycles. The first-order valence-corrected chi connectivity index (χ1v) is 5.99. The van der Waals surface area contributed by atoms with Crippen LogP contribution < -0.4 is 10.7 Å². The molecular weight excluding hydrogens is 244 g/mol. The molecule has 0 saturated carbocycles. The Morgan fingerprint density at radius 3 is 2.74 bits per heavy atom. The van der Waals surface area contributed by atoms with E-state index in [4.69, 9.17) is 0 Å². The fourth-order valence-corrected chi connectivity index (χ4v) is 1.73. The summed E-state index contributed by atoms with van der Waals surface area (Å²) in [6.45, 7) is 3.24. The molecule has 0 bridgehead atoms. The third-order valence-electron chi connectivity index (χ3n) is 2.71. The number of fused-ring (bicyclic) bond motifs is 1. The zero-order valence-electron chi connectivity index (χ0n) is 10.9. The molecule has 0 spiro atoms. The van der Waals surface area contributed by atoms with E-state index in [-0.39, 0.29) is 17.5 Å². The van der Waals surface area contributed by atoms with E-state index >= 15 is 0 Å². The van der Waals surface area contributed by atoms with Crippen LogP contribution in [0.15, 0.2) is 35.3 Å². The van der Waals surface area contributed by atoms with Crippen LogP contribution >= 0.6 is 0 Å². The maximum absolute atomic E-state index is 12.2. The lowest BCUT2D eigenvalue weighted by Gasteiger charge is -2.17. The molecule has 0 radical (unpaired) electrons. The van der Waals surface area contributed by atoms with Gasteiger partial charge in [0.1, 0.15) is 5.56 Å². The van der Waals surface area contributed by atoms with Crippen molar-refractivity contribution in [3.63, 3.8) is 0 Å². The van der Waals surface area contributed by atoms with Crippen LogP contribution in [-0.2, 0) is 0 Å². The van der Waals surface area contributed by atoms with Gasteiger partial charge in [0.05, 0.1) is 5.60 Å². The highest BCUT2D eigenvalue weighted by Gasteiger charge is 2.17. The molecule has 0 aliphatic rings. The Morgan fingerprint density at radius 2 is 2.05 bits per heavy atom. The number of para-hydroxylation sites is 1. The summed E-state index contributed by atoms with van der Waals surface area (Å²) in [4.78, 5) is 27.0. The fourth-order valence-electron chi connectivity index (χ4n) is 1.73. The Hall–Kier alpha value is -2.14. The molecule has 100 valence electrons. The Kier molecular flexibility index (Phi) is 3.40. The van der Waals surface area contributed by atoms with Crippen LogP contribution in [0.3, 0.4) is 0 Å². The molecule has 2 rings (SSSR count). The Bertz CT molecular complexity index is 668. The summed E-state index contributed by atoms with van der Waals surface area (Å²) in [7, 11) is 0. The molecule has 5 nitrogen and oxygen atoms in total. The van der Waals surface area contributed by atoms with Crippen molar-refractivity contribution in [1.29, 1.82) is 0 Å². The van der Waals surface area contributed by atoms with E-state index in [9.17, 15) is 14.7 Å². The summed E-state index contributed by atoms with van der Waals surface area (Å²) in [5.74, 6) is -0.492. The number of carbonyl (C=O) groups excluding carboxylic acids is 1. The van der Waals surface area contributed by atoms with Crippen LogP contribution in [0.5, 0.6) is 0 Å². The van der Waals surface area contributed by atoms with E-state index in [0.717, 1.165) is 0 Å². The van der Waals surface area contributed by atoms with Crippen molar-refractivity contribution in [3.8, 4) is 0 Å². The number of pyridine rings is 1. The number of hydrogen-bond donors (Lipinski definition) is 3. The molecule has 0 fully saturated rings. The zero-order valence-corrected chi connectivity index (χ0v) is 10.9. The van der Waals surface area contributed by atoms with Crippen LogP contribution in [0.1, 0.15) is 24.2 Å². The zero-order chi connectivity index (χ0) is 14.0. The Labute approximate surface area is 110 Å². The number of rotatable bonds is 3. The normalized spacial score (nSPS) is 11.5. The SMILES string of the molecule is CC(C)(O)CNC(=O)c1c[nH]c2ccccc2c1=O. The van der Waals surface area contributed by atoms with Crippen LogP contribution in [-0.4, -0.2) is 28.1 Å². The number of benzene rings is 1. The van der Waals surface area contributed by atoms with Crippen molar-refractivity contribution >= 4 is 16.8 Å². The molecule has 0 unspecified atom stereocenters. The smallest absolute Gasteiger partial charge is 0.256 e. The first-order valence-electron chi connectivity index (χ1n) is 5.99. The second-order valence-corrected chi connectivity index (χ2v) is 5.07. The van der Waals surface area contributed by atoms with Gasteiger partial charge < -0.3 is 15.4 Å². The summed E-state index contributed by atoms with van der Waals surface area (Å²) >= 11 is 0. The largest absolute Gasteiger partial charge is 0.389 e. The van der Waals surface area contributed by atoms with Gasteiger partial charge >= 0.3 is 0 Å². The number of aromatic amines is 1. The van der Waals surface area contributed by atoms with E-state index < -0.39 is 11.5 Å². The molecule has 1 aromatic heterocycles. The molecule has 0 saturated heterocycles. The van der Waals surface area contributed by atoms with E-state index in [1.807, 2.05) is 6.07 Å². The number of aliphatic hydroxyl groups is 1. The van der Waals surface area contributed by atoms with Crippen LogP contribution in [0.25, 0.3) is 10.9 Å². The van der Waals surface area contributed by atoms with Crippen molar-refractivity contribution in [2.45, 2.75) is 19.4 Å². The molecule has 0 aliphatic carbocycles. The molecule has 2 aromatic rings. The van der Waals surface area contributed by atoms with Crippen LogP contribution in [0, 0.1) is 0 Å². The third-order valence-corrected chi connectivity index (χ3v) is 2.71. The fraction of sp³-hybridized carbons (Fsp3) is 0.286. The van der Waals surface area contributed by atoms with Gasteiger partial charge in [0.25, 0.3) is 5.91 Å². The van der Waals surface area contributed by atoms with Gasteiger partial charge in [-0.05, 0) is 26.0 Å². The van der Waals surface area contributed by atoms with Gasteiger partial charge in [-0.2, -0.15) is 0 Å². The van der Waals surface area contributed by atoms with E-state index in [1.165, 1.54) is 6.20 Å². The van der Waals surface area contributed by atoms with Crippen molar-refractivity contribution in [1.82, 2.24) is 10.3 Å². The number of amides is 1. The lowest BCUT2D eigenvalue weighted by molar-refractivity contribution is 0.0693. The van der Waals surface area contributed by atoms with Gasteiger partial charge in [0, 0.05) is 23.6 Å². The Balaban J connectivity index is 2.33. The van der Waals surface area contributed by atoms with E-state index in [0.29, 0.717) is 10.9 Å². The topological polar surface area (TPSA) is 82.2 Å². The summed E-state index contributed by atoms with van der Waals surface area (Å²) in [5, 5.41) is 12.6. The van der Waals surface area contributed by atoms with Gasteiger partial charge in [0.2, 0.25) is 5.43 Å². The van der Waals surface area contributed by atoms with Crippen molar-refractivity contribution in [2.75, 3.05) is 6.54 Å². The first kappa shape index (κ1) is 13.3. The minimum Gasteiger partial charge on any atom is -0.389 e.